The van der Waals surface area contributed by atoms with Crippen LogP contribution < -0.4 is 0 Å². The molecule has 0 spiro atoms. The van der Waals surface area contributed by atoms with E-state index < -0.39 is 5.60 Å². The fraction of sp³-hybridized carbons (Fsp3) is 0.345. The SMILES string of the molecule is [C-]#[N+]c1cnc2cc(C3(O)CCC(OCc4c(-c5c(Cl)cccc5Cl)noc4C4CC4)CC3)ccc2c1. The number of rotatable bonds is 6. The van der Waals surface area contributed by atoms with Crippen LogP contribution in [0, 0.1) is 6.57 Å². The zero-order chi connectivity index (χ0) is 25.6. The van der Waals surface area contributed by atoms with Crippen LogP contribution in [0.4, 0.5) is 5.69 Å². The summed E-state index contributed by atoms with van der Waals surface area (Å²) in [5.74, 6) is 1.23. The van der Waals surface area contributed by atoms with Crippen LogP contribution in [0.25, 0.3) is 27.0 Å². The maximum Gasteiger partial charge on any atom is 0.205 e. The molecule has 2 aromatic heterocycles. The Balaban J connectivity index is 1.17. The van der Waals surface area contributed by atoms with Crippen LogP contribution in [0.1, 0.15) is 61.3 Å². The number of nitrogens with zero attached hydrogens (tertiary/aromatic N) is 3. The highest BCUT2D eigenvalue weighted by atomic mass is 35.5. The number of aromatic nitrogens is 2. The molecule has 2 aliphatic carbocycles. The van der Waals surface area contributed by atoms with Crippen LogP contribution in [0.3, 0.4) is 0 Å². The number of ether oxygens (including phenoxy) is 1. The average molecular weight is 534 g/mol. The van der Waals surface area contributed by atoms with Crippen LogP contribution in [0.2, 0.25) is 10.0 Å². The van der Waals surface area contributed by atoms with Crippen LogP contribution in [0.15, 0.2) is 53.2 Å². The molecule has 37 heavy (non-hydrogen) atoms. The van der Waals surface area contributed by atoms with Gasteiger partial charge in [0.2, 0.25) is 5.69 Å². The van der Waals surface area contributed by atoms with E-state index in [2.05, 4.69) is 15.0 Å². The van der Waals surface area contributed by atoms with Crippen molar-refractivity contribution >= 4 is 39.8 Å². The fourth-order valence-corrected chi connectivity index (χ4v) is 5.81. The van der Waals surface area contributed by atoms with Crippen molar-refractivity contribution in [1.29, 1.82) is 0 Å². The zero-order valence-electron chi connectivity index (χ0n) is 20.1. The number of hydrogen-bond donors (Lipinski definition) is 1. The predicted octanol–water partition coefficient (Wildman–Crippen LogP) is 7.97. The lowest BCUT2D eigenvalue weighted by Gasteiger charge is -2.36. The Bertz CT molecular complexity index is 1490. The number of pyridine rings is 1. The number of benzene rings is 2. The van der Waals surface area contributed by atoms with Gasteiger partial charge >= 0.3 is 0 Å². The Hall–Kier alpha value is -2.95. The highest BCUT2D eigenvalue weighted by molar-refractivity contribution is 6.39. The van der Waals surface area contributed by atoms with E-state index in [1.807, 2.05) is 30.3 Å². The molecule has 2 fully saturated rings. The van der Waals surface area contributed by atoms with Gasteiger partial charge in [-0.3, -0.25) is 4.98 Å². The van der Waals surface area contributed by atoms with Gasteiger partial charge in [0.1, 0.15) is 11.5 Å². The van der Waals surface area contributed by atoms with E-state index in [-0.39, 0.29) is 6.10 Å². The second-order valence-corrected chi connectivity index (χ2v) is 10.8. The van der Waals surface area contributed by atoms with Gasteiger partial charge in [0.05, 0.1) is 40.4 Å². The summed E-state index contributed by atoms with van der Waals surface area (Å²) in [5, 5.41) is 17.8. The number of fused-ring (bicyclic) bond motifs is 1. The van der Waals surface area contributed by atoms with Gasteiger partial charge in [-0.25, -0.2) is 4.85 Å². The van der Waals surface area contributed by atoms with Crippen LogP contribution in [-0.4, -0.2) is 21.4 Å². The Morgan fingerprint density at radius 3 is 2.54 bits per heavy atom. The third-order valence-corrected chi connectivity index (χ3v) is 8.16. The molecule has 0 unspecified atom stereocenters. The molecule has 0 aliphatic heterocycles. The van der Waals surface area contributed by atoms with Gasteiger partial charge in [-0.1, -0.05) is 46.6 Å². The number of aliphatic hydroxyl groups is 1. The first-order valence-electron chi connectivity index (χ1n) is 12.5. The molecule has 2 heterocycles. The van der Waals surface area contributed by atoms with Crippen LogP contribution in [-0.2, 0) is 16.9 Å². The van der Waals surface area contributed by atoms with Crippen molar-refractivity contribution in [2.75, 3.05) is 0 Å². The maximum atomic E-state index is 11.5. The molecule has 188 valence electrons. The minimum Gasteiger partial charge on any atom is -0.385 e. The number of halogens is 2. The molecule has 4 aromatic rings. The molecule has 0 amide bonds. The molecular weight excluding hydrogens is 509 g/mol. The lowest BCUT2D eigenvalue weighted by Crippen LogP contribution is -2.34. The zero-order valence-corrected chi connectivity index (χ0v) is 21.6. The molecule has 6 nitrogen and oxygen atoms in total. The summed E-state index contributed by atoms with van der Waals surface area (Å²) in [5.41, 5.74) is 3.45. The summed E-state index contributed by atoms with van der Waals surface area (Å²) in [6, 6.07) is 13.0. The minimum absolute atomic E-state index is 0.0107. The van der Waals surface area contributed by atoms with E-state index in [1.165, 1.54) is 0 Å². The van der Waals surface area contributed by atoms with Crippen molar-refractivity contribution in [3.05, 3.63) is 87.0 Å². The molecule has 0 radical (unpaired) electrons. The molecule has 0 atom stereocenters. The summed E-state index contributed by atoms with van der Waals surface area (Å²) in [6.07, 6.45) is 6.37. The molecule has 0 saturated heterocycles. The Morgan fingerprint density at radius 1 is 1.08 bits per heavy atom. The van der Waals surface area contributed by atoms with Crippen molar-refractivity contribution in [1.82, 2.24) is 10.1 Å². The topological polar surface area (TPSA) is 72.7 Å². The van der Waals surface area contributed by atoms with Crippen LogP contribution in [0.5, 0.6) is 0 Å². The predicted molar refractivity (Wildman–Crippen MR) is 143 cm³/mol. The maximum absolute atomic E-state index is 11.5. The molecule has 2 aromatic carbocycles. The average Bonchev–Trinajstić information content (AvgIpc) is 3.68. The largest absolute Gasteiger partial charge is 0.385 e. The van der Waals surface area contributed by atoms with E-state index >= 15 is 0 Å². The van der Waals surface area contributed by atoms with Crippen molar-refractivity contribution in [2.45, 2.75) is 62.8 Å². The first-order chi connectivity index (χ1) is 17.9. The van der Waals surface area contributed by atoms with Gasteiger partial charge < -0.3 is 14.4 Å². The summed E-state index contributed by atoms with van der Waals surface area (Å²) < 4.78 is 12.1. The monoisotopic (exact) mass is 533 g/mol. The lowest BCUT2D eigenvalue weighted by molar-refractivity contribution is -0.0640. The van der Waals surface area contributed by atoms with Crippen molar-refractivity contribution in [2.24, 2.45) is 0 Å². The van der Waals surface area contributed by atoms with E-state index in [9.17, 15) is 5.11 Å². The first-order valence-corrected chi connectivity index (χ1v) is 13.3. The third kappa shape index (κ3) is 4.73. The van der Waals surface area contributed by atoms with Crippen molar-refractivity contribution in [3.8, 4) is 11.3 Å². The quantitative estimate of drug-likeness (QED) is 0.254. The van der Waals surface area contributed by atoms with Crippen LogP contribution >= 0.6 is 23.2 Å². The first kappa shape index (κ1) is 24.4. The van der Waals surface area contributed by atoms with E-state index in [1.54, 1.807) is 18.3 Å². The smallest absolute Gasteiger partial charge is 0.205 e. The summed E-state index contributed by atoms with van der Waals surface area (Å²) in [6.45, 7) is 7.53. The van der Waals surface area contributed by atoms with Gasteiger partial charge in [0.25, 0.3) is 0 Å². The normalized spacial score (nSPS) is 21.7. The van der Waals surface area contributed by atoms with Gasteiger partial charge in [0.15, 0.2) is 0 Å². The molecule has 6 rings (SSSR count). The summed E-state index contributed by atoms with van der Waals surface area (Å²) in [4.78, 5) is 7.84. The second kappa shape index (κ2) is 9.74. The highest BCUT2D eigenvalue weighted by Gasteiger charge is 2.37. The van der Waals surface area contributed by atoms with Crippen molar-refractivity contribution in [3.63, 3.8) is 0 Å². The molecule has 2 aliphatic rings. The third-order valence-electron chi connectivity index (χ3n) is 7.53. The Morgan fingerprint density at radius 2 is 1.84 bits per heavy atom. The van der Waals surface area contributed by atoms with Gasteiger partial charge in [-0.2, -0.15) is 0 Å². The Labute approximate surface area is 225 Å². The fourth-order valence-electron chi connectivity index (χ4n) is 5.23. The summed E-state index contributed by atoms with van der Waals surface area (Å²) in [7, 11) is 0. The highest BCUT2D eigenvalue weighted by Crippen LogP contribution is 2.46. The minimum atomic E-state index is -0.930. The van der Waals surface area contributed by atoms with E-state index in [0.29, 0.717) is 52.4 Å². The molecule has 8 heteroatoms. The molecule has 1 N–H and O–H groups in total. The van der Waals surface area contributed by atoms with Gasteiger partial charge in [0, 0.05) is 23.2 Å². The van der Waals surface area contributed by atoms with E-state index in [4.69, 9.17) is 39.0 Å². The lowest BCUT2D eigenvalue weighted by atomic mass is 9.78. The standard InChI is InChI=1S/C29H25Cl2N3O3/c1-32-20-13-18-7-8-19(14-25(18)33-15-20)29(35)11-9-21(10-12-29)36-16-22-27(34-37-28(22)17-5-6-17)26-23(30)3-2-4-24(26)31/h2-4,7-8,13-15,17,21,35H,5-6,9-12,16H2. The van der Waals surface area contributed by atoms with Crippen molar-refractivity contribution < 1.29 is 14.4 Å². The molecule has 0 bridgehead atoms. The molecule has 2 saturated carbocycles. The van der Waals surface area contributed by atoms with Gasteiger partial charge in [-0.05, 0) is 73.7 Å². The van der Waals surface area contributed by atoms with Gasteiger partial charge in [-0.15, -0.1) is 0 Å². The second-order valence-electron chi connectivity index (χ2n) is 10.00. The number of hydrogen-bond acceptors (Lipinski definition) is 5. The summed E-state index contributed by atoms with van der Waals surface area (Å²) >= 11 is 13.0. The van der Waals surface area contributed by atoms with E-state index in [0.717, 1.165) is 53.5 Å². The molecular formula is C29H25Cl2N3O3. The Kier molecular flexibility index (Phi) is 6.42.